The molecular weight excluding hydrogens is 448 g/mol. The number of hydrogen-bond donors (Lipinski definition) is 0. The zero-order chi connectivity index (χ0) is 14.7. The molecule has 4 heteroatoms. The Hall–Kier alpha value is -0.320. The lowest BCUT2D eigenvalue weighted by Crippen LogP contribution is -1.96. The zero-order valence-corrected chi connectivity index (χ0v) is 16.0. The van der Waals surface area contributed by atoms with Gasteiger partial charge in [-0.15, -0.1) is 0 Å². The summed E-state index contributed by atoms with van der Waals surface area (Å²) in [5.74, 6) is 0.878. The lowest BCUT2D eigenvalue weighted by Gasteiger charge is -2.14. The van der Waals surface area contributed by atoms with Crippen LogP contribution in [-0.2, 0) is 0 Å². The monoisotopic (exact) mass is 460 g/mol. The molecule has 0 bridgehead atoms. The van der Waals surface area contributed by atoms with Crippen molar-refractivity contribution in [2.24, 2.45) is 0 Å². The summed E-state index contributed by atoms with van der Waals surface area (Å²) >= 11 is 10.9. The molecule has 2 aromatic rings. The number of rotatable bonds is 4. The molecule has 1 atom stereocenters. The molecule has 0 heterocycles. The number of benzene rings is 2. The Kier molecular flexibility index (Phi) is 5.70. The van der Waals surface area contributed by atoms with Gasteiger partial charge in [-0.05, 0) is 64.7 Å². The Morgan fingerprint density at radius 3 is 2.25 bits per heavy atom. The van der Waals surface area contributed by atoms with E-state index in [4.69, 9.17) is 4.74 Å². The van der Waals surface area contributed by atoms with Crippen LogP contribution in [0.15, 0.2) is 45.3 Å². The van der Waals surface area contributed by atoms with E-state index >= 15 is 0 Å². The summed E-state index contributed by atoms with van der Waals surface area (Å²) in [6.07, 6.45) is 0. The van der Waals surface area contributed by atoms with Crippen LogP contribution in [0.5, 0.6) is 5.75 Å². The van der Waals surface area contributed by atoms with E-state index in [9.17, 15) is 0 Å². The van der Waals surface area contributed by atoms with Gasteiger partial charge in [0.25, 0.3) is 0 Å². The molecule has 2 rings (SSSR count). The van der Waals surface area contributed by atoms with E-state index in [1.165, 1.54) is 16.7 Å². The van der Waals surface area contributed by atoms with Gasteiger partial charge in [-0.3, -0.25) is 0 Å². The minimum atomic E-state index is 0.168. The number of aryl methyl sites for hydroxylation is 1. The molecular formula is C16H15Br3O. The maximum atomic E-state index is 5.54. The number of alkyl halides is 1. The van der Waals surface area contributed by atoms with Crippen molar-refractivity contribution >= 4 is 47.8 Å². The van der Waals surface area contributed by atoms with Crippen LogP contribution in [0.4, 0.5) is 0 Å². The Morgan fingerprint density at radius 2 is 1.65 bits per heavy atom. The maximum absolute atomic E-state index is 5.54. The summed E-state index contributed by atoms with van der Waals surface area (Å²) < 4.78 is 7.66. The first kappa shape index (κ1) is 16.1. The molecule has 0 aliphatic carbocycles. The van der Waals surface area contributed by atoms with E-state index in [1.54, 1.807) is 0 Å². The van der Waals surface area contributed by atoms with Crippen LogP contribution in [0.1, 0.15) is 28.4 Å². The van der Waals surface area contributed by atoms with Gasteiger partial charge >= 0.3 is 0 Å². The highest BCUT2D eigenvalue weighted by molar-refractivity contribution is 9.11. The highest BCUT2D eigenvalue weighted by atomic mass is 79.9. The second-order valence-electron chi connectivity index (χ2n) is 4.49. The van der Waals surface area contributed by atoms with E-state index in [-0.39, 0.29) is 4.83 Å². The van der Waals surface area contributed by atoms with Crippen LogP contribution >= 0.6 is 47.8 Å². The Labute approximate surface area is 145 Å². The van der Waals surface area contributed by atoms with E-state index in [1.807, 2.05) is 13.0 Å². The third kappa shape index (κ3) is 3.66. The predicted octanol–water partition coefficient (Wildman–Crippen LogP) is 6.40. The molecule has 106 valence electrons. The quantitative estimate of drug-likeness (QED) is 0.477. The van der Waals surface area contributed by atoms with Gasteiger partial charge in [0.05, 0.1) is 15.9 Å². The van der Waals surface area contributed by atoms with Gasteiger partial charge in [0.2, 0.25) is 0 Å². The van der Waals surface area contributed by atoms with Gasteiger partial charge in [-0.25, -0.2) is 0 Å². The number of halogens is 3. The third-order valence-electron chi connectivity index (χ3n) is 3.02. The van der Waals surface area contributed by atoms with Gasteiger partial charge < -0.3 is 4.74 Å². The highest BCUT2D eigenvalue weighted by Gasteiger charge is 2.13. The SMILES string of the molecule is CCOc1ccc(C(Br)c2ccc(Br)c(C)c2)cc1Br. The van der Waals surface area contributed by atoms with Crippen molar-refractivity contribution in [1.82, 2.24) is 0 Å². The average Bonchev–Trinajstić information content (AvgIpc) is 2.43. The second-order valence-corrected chi connectivity index (χ2v) is 7.12. The lowest BCUT2D eigenvalue weighted by atomic mass is 10.0. The molecule has 0 amide bonds. The zero-order valence-electron chi connectivity index (χ0n) is 11.3. The molecule has 1 nitrogen and oxygen atoms in total. The van der Waals surface area contributed by atoms with Crippen molar-refractivity contribution in [3.63, 3.8) is 0 Å². The molecule has 0 aliphatic rings. The van der Waals surface area contributed by atoms with E-state index in [0.29, 0.717) is 6.61 Å². The fourth-order valence-electron chi connectivity index (χ4n) is 1.97. The highest BCUT2D eigenvalue weighted by Crippen LogP contribution is 2.36. The van der Waals surface area contributed by atoms with Gasteiger partial charge in [-0.1, -0.05) is 50.1 Å². The Morgan fingerprint density at radius 1 is 1.00 bits per heavy atom. The van der Waals surface area contributed by atoms with Gasteiger partial charge in [-0.2, -0.15) is 0 Å². The minimum Gasteiger partial charge on any atom is -0.493 e. The standard InChI is InChI=1S/C16H15Br3O/c1-3-20-15-7-5-12(9-14(15)18)16(19)11-4-6-13(17)10(2)8-11/h4-9,16H,3H2,1-2H3. The molecule has 0 fully saturated rings. The molecule has 0 N–H and O–H groups in total. The fraction of sp³-hybridized carbons (Fsp3) is 0.250. The van der Waals surface area contributed by atoms with Crippen LogP contribution in [0, 0.1) is 6.92 Å². The first-order chi connectivity index (χ1) is 9.52. The summed E-state index contributed by atoms with van der Waals surface area (Å²) in [5.41, 5.74) is 3.67. The van der Waals surface area contributed by atoms with Crippen LogP contribution < -0.4 is 4.74 Å². The van der Waals surface area contributed by atoms with Crippen molar-refractivity contribution in [3.05, 3.63) is 62.0 Å². The van der Waals surface area contributed by atoms with Crippen molar-refractivity contribution in [2.75, 3.05) is 6.61 Å². The Bertz CT molecular complexity index is 611. The van der Waals surface area contributed by atoms with Crippen molar-refractivity contribution in [3.8, 4) is 5.75 Å². The molecule has 0 saturated heterocycles. The fourth-order valence-corrected chi connectivity index (χ4v) is 3.29. The summed E-state index contributed by atoms with van der Waals surface area (Å²) in [6, 6.07) is 12.6. The van der Waals surface area contributed by atoms with Gasteiger partial charge in [0, 0.05) is 4.47 Å². The maximum Gasteiger partial charge on any atom is 0.133 e. The first-order valence-corrected chi connectivity index (χ1v) is 8.85. The molecule has 2 aromatic carbocycles. The van der Waals surface area contributed by atoms with E-state index < -0.39 is 0 Å². The number of ether oxygens (including phenoxy) is 1. The second kappa shape index (κ2) is 7.10. The average molecular weight is 463 g/mol. The van der Waals surface area contributed by atoms with E-state index in [0.717, 1.165) is 14.7 Å². The largest absolute Gasteiger partial charge is 0.493 e. The molecule has 0 radical (unpaired) electrons. The molecule has 0 spiro atoms. The normalized spacial score (nSPS) is 12.2. The third-order valence-corrected chi connectivity index (χ3v) is 5.59. The summed E-state index contributed by atoms with van der Waals surface area (Å²) in [4.78, 5) is 0.168. The molecule has 1 unspecified atom stereocenters. The van der Waals surface area contributed by atoms with Crippen molar-refractivity contribution < 1.29 is 4.74 Å². The van der Waals surface area contributed by atoms with Crippen LogP contribution in [-0.4, -0.2) is 6.61 Å². The minimum absolute atomic E-state index is 0.168. The molecule has 0 saturated carbocycles. The topological polar surface area (TPSA) is 9.23 Å². The van der Waals surface area contributed by atoms with Crippen LogP contribution in [0.2, 0.25) is 0 Å². The molecule has 0 aromatic heterocycles. The van der Waals surface area contributed by atoms with Crippen molar-refractivity contribution in [2.45, 2.75) is 18.7 Å². The first-order valence-electron chi connectivity index (χ1n) is 6.35. The van der Waals surface area contributed by atoms with E-state index in [2.05, 4.69) is 85.0 Å². The number of hydrogen-bond acceptors (Lipinski definition) is 1. The van der Waals surface area contributed by atoms with Gasteiger partial charge in [0.15, 0.2) is 0 Å². The summed E-state index contributed by atoms with van der Waals surface area (Å²) in [7, 11) is 0. The van der Waals surface area contributed by atoms with Crippen molar-refractivity contribution in [1.29, 1.82) is 0 Å². The Balaban J connectivity index is 2.30. The lowest BCUT2D eigenvalue weighted by molar-refractivity contribution is 0.338. The van der Waals surface area contributed by atoms with Gasteiger partial charge in [0.1, 0.15) is 5.75 Å². The summed E-state index contributed by atoms with van der Waals surface area (Å²) in [6.45, 7) is 4.75. The van der Waals surface area contributed by atoms with Crippen LogP contribution in [0.3, 0.4) is 0 Å². The van der Waals surface area contributed by atoms with Crippen LogP contribution in [0.25, 0.3) is 0 Å². The predicted molar refractivity (Wildman–Crippen MR) is 95.0 cm³/mol. The molecule has 20 heavy (non-hydrogen) atoms. The molecule has 0 aliphatic heterocycles. The smallest absolute Gasteiger partial charge is 0.133 e. The summed E-state index contributed by atoms with van der Waals surface area (Å²) in [5, 5.41) is 0.